The van der Waals surface area contributed by atoms with Gasteiger partial charge in [0.15, 0.2) is 0 Å². The number of nitrogens with zero attached hydrogens (tertiary/aromatic N) is 3. The summed E-state index contributed by atoms with van der Waals surface area (Å²) in [6, 6.07) is 0. The van der Waals surface area contributed by atoms with Crippen molar-refractivity contribution in [2.45, 2.75) is 38.0 Å². The molecular weight excluding hydrogens is 324 g/mol. The normalized spacial score (nSPS) is 20.5. The summed E-state index contributed by atoms with van der Waals surface area (Å²) >= 11 is 6.04. The Kier molecular flexibility index (Phi) is 5.87. The lowest BCUT2D eigenvalue weighted by Crippen LogP contribution is -2.37. The summed E-state index contributed by atoms with van der Waals surface area (Å²) in [5.41, 5.74) is 0.426. The number of sulfonamides is 1. The Hall–Kier alpha value is -0.630. The Morgan fingerprint density at radius 1 is 1.45 bits per heavy atom. The molecule has 0 amide bonds. The van der Waals surface area contributed by atoms with Crippen molar-refractivity contribution in [3.63, 3.8) is 0 Å². The molecule has 0 bridgehead atoms. The fourth-order valence-electron chi connectivity index (χ4n) is 3.06. The zero-order chi connectivity index (χ0) is 16.3. The highest BCUT2D eigenvalue weighted by Crippen LogP contribution is 2.24. The Balaban J connectivity index is 1.93. The van der Waals surface area contributed by atoms with Gasteiger partial charge in [-0.1, -0.05) is 18.5 Å². The first-order chi connectivity index (χ1) is 10.3. The Labute approximate surface area is 137 Å². The minimum absolute atomic E-state index is 0.0931. The summed E-state index contributed by atoms with van der Waals surface area (Å²) in [5.74, 6) is 0.557. The minimum Gasteiger partial charge on any atom is -0.303 e. The molecule has 0 radical (unpaired) electrons. The van der Waals surface area contributed by atoms with Gasteiger partial charge in [-0.15, -0.1) is 0 Å². The standard InChI is InChI=1S/C14H25ClN4O2S/c1-4-19-9-5-6-12(10-19)7-8-16-22(20,21)13-11(2)17-18(3)14(13)15/h12,16H,4-10H2,1-3H3/t12-/m0/s1. The average molecular weight is 349 g/mol. The SMILES string of the molecule is CCN1CCC[C@@H](CCNS(=O)(=O)c2c(C)nn(C)c2Cl)C1. The second kappa shape index (κ2) is 7.29. The van der Waals surface area contributed by atoms with E-state index in [0.717, 1.165) is 26.1 Å². The number of likely N-dealkylation sites (tertiary alicyclic amines) is 1. The van der Waals surface area contributed by atoms with Crippen LogP contribution in [-0.2, 0) is 17.1 Å². The summed E-state index contributed by atoms with van der Waals surface area (Å²) in [6.45, 7) is 7.54. The lowest BCUT2D eigenvalue weighted by molar-refractivity contribution is 0.177. The maximum Gasteiger partial charge on any atom is 0.245 e. The van der Waals surface area contributed by atoms with E-state index in [1.165, 1.54) is 17.5 Å². The van der Waals surface area contributed by atoms with E-state index < -0.39 is 10.0 Å². The van der Waals surface area contributed by atoms with E-state index in [0.29, 0.717) is 18.2 Å². The largest absolute Gasteiger partial charge is 0.303 e. The van der Waals surface area contributed by atoms with Crippen molar-refractivity contribution in [2.24, 2.45) is 13.0 Å². The lowest BCUT2D eigenvalue weighted by Gasteiger charge is -2.31. The van der Waals surface area contributed by atoms with Gasteiger partial charge in [0, 0.05) is 20.1 Å². The van der Waals surface area contributed by atoms with E-state index in [1.807, 2.05) is 0 Å². The topological polar surface area (TPSA) is 67.2 Å². The van der Waals surface area contributed by atoms with Crippen LogP contribution >= 0.6 is 11.6 Å². The van der Waals surface area contributed by atoms with Crippen molar-refractivity contribution < 1.29 is 8.42 Å². The van der Waals surface area contributed by atoms with Gasteiger partial charge in [0.25, 0.3) is 0 Å². The number of hydrogen-bond acceptors (Lipinski definition) is 4. The third-order valence-electron chi connectivity index (χ3n) is 4.26. The number of aryl methyl sites for hydroxylation is 2. The zero-order valence-corrected chi connectivity index (χ0v) is 15.0. The Bertz CT molecular complexity index is 615. The highest BCUT2D eigenvalue weighted by Gasteiger charge is 2.25. The van der Waals surface area contributed by atoms with Crippen LogP contribution in [0.1, 0.15) is 31.9 Å². The predicted molar refractivity (Wildman–Crippen MR) is 87.6 cm³/mol. The van der Waals surface area contributed by atoms with Crippen LogP contribution in [0.2, 0.25) is 5.15 Å². The van der Waals surface area contributed by atoms with Gasteiger partial charge in [-0.3, -0.25) is 4.68 Å². The molecule has 1 N–H and O–H groups in total. The maximum atomic E-state index is 12.4. The van der Waals surface area contributed by atoms with Crippen LogP contribution in [0.25, 0.3) is 0 Å². The van der Waals surface area contributed by atoms with Gasteiger partial charge < -0.3 is 4.90 Å². The first-order valence-corrected chi connectivity index (χ1v) is 9.62. The van der Waals surface area contributed by atoms with E-state index in [-0.39, 0.29) is 10.0 Å². The van der Waals surface area contributed by atoms with E-state index >= 15 is 0 Å². The van der Waals surface area contributed by atoms with Gasteiger partial charge in [-0.25, -0.2) is 13.1 Å². The van der Waals surface area contributed by atoms with Gasteiger partial charge >= 0.3 is 0 Å². The number of rotatable bonds is 6. The molecule has 126 valence electrons. The number of piperidine rings is 1. The highest BCUT2D eigenvalue weighted by molar-refractivity contribution is 7.89. The summed E-state index contributed by atoms with van der Waals surface area (Å²) in [7, 11) is -1.96. The number of aromatic nitrogens is 2. The second-order valence-electron chi connectivity index (χ2n) is 5.92. The van der Waals surface area contributed by atoms with Crippen LogP contribution in [0.15, 0.2) is 4.90 Å². The van der Waals surface area contributed by atoms with E-state index in [9.17, 15) is 8.42 Å². The Morgan fingerprint density at radius 2 is 2.18 bits per heavy atom. The third-order valence-corrected chi connectivity index (χ3v) is 6.42. The molecule has 1 aromatic heterocycles. The van der Waals surface area contributed by atoms with Gasteiger partial charge in [-0.2, -0.15) is 5.10 Å². The van der Waals surface area contributed by atoms with E-state index in [1.54, 1.807) is 14.0 Å². The van der Waals surface area contributed by atoms with Crippen molar-refractivity contribution >= 4 is 21.6 Å². The van der Waals surface area contributed by atoms with Crippen LogP contribution in [0.4, 0.5) is 0 Å². The highest BCUT2D eigenvalue weighted by atomic mass is 35.5. The van der Waals surface area contributed by atoms with Crippen molar-refractivity contribution in [1.82, 2.24) is 19.4 Å². The summed E-state index contributed by atoms with van der Waals surface area (Å²) in [5, 5.41) is 4.21. The van der Waals surface area contributed by atoms with Crippen LogP contribution in [0.3, 0.4) is 0 Å². The van der Waals surface area contributed by atoms with Crippen molar-refractivity contribution in [3.05, 3.63) is 10.8 Å². The lowest BCUT2D eigenvalue weighted by atomic mass is 9.95. The minimum atomic E-state index is -3.60. The fourth-order valence-corrected chi connectivity index (χ4v) is 4.85. The molecule has 1 aliphatic rings. The maximum absolute atomic E-state index is 12.4. The summed E-state index contributed by atoms with van der Waals surface area (Å²) < 4.78 is 28.8. The van der Waals surface area contributed by atoms with E-state index in [4.69, 9.17) is 11.6 Å². The smallest absolute Gasteiger partial charge is 0.245 e. The van der Waals surface area contributed by atoms with Crippen LogP contribution in [0, 0.1) is 12.8 Å². The number of nitrogens with one attached hydrogen (secondary N) is 1. The molecule has 1 aliphatic heterocycles. The Morgan fingerprint density at radius 3 is 2.77 bits per heavy atom. The molecule has 1 aromatic rings. The van der Waals surface area contributed by atoms with Gasteiger partial charge in [0.2, 0.25) is 10.0 Å². The van der Waals surface area contributed by atoms with Crippen LogP contribution in [0.5, 0.6) is 0 Å². The van der Waals surface area contributed by atoms with Crippen LogP contribution in [-0.4, -0.2) is 49.3 Å². The zero-order valence-electron chi connectivity index (χ0n) is 13.5. The predicted octanol–water partition coefficient (Wildman–Crippen LogP) is 1.78. The van der Waals surface area contributed by atoms with Gasteiger partial charge in [0.1, 0.15) is 10.0 Å². The quantitative estimate of drug-likeness (QED) is 0.851. The summed E-state index contributed by atoms with van der Waals surface area (Å²) in [6.07, 6.45) is 3.22. The molecule has 0 saturated carbocycles. The van der Waals surface area contributed by atoms with Crippen molar-refractivity contribution in [1.29, 1.82) is 0 Å². The molecule has 1 saturated heterocycles. The first kappa shape index (κ1) is 17.7. The molecule has 0 aromatic carbocycles. The second-order valence-corrected chi connectivity index (χ2v) is 7.98. The number of hydrogen-bond donors (Lipinski definition) is 1. The molecule has 2 rings (SSSR count). The molecule has 1 fully saturated rings. The van der Waals surface area contributed by atoms with Gasteiger partial charge in [-0.05, 0) is 45.2 Å². The average Bonchev–Trinajstić information content (AvgIpc) is 2.72. The van der Waals surface area contributed by atoms with Crippen molar-refractivity contribution in [3.8, 4) is 0 Å². The number of halogens is 1. The molecule has 22 heavy (non-hydrogen) atoms. The molecule has 8 heteroatoms. The van der Waals surface area contributed by atoms with Gasteiger partial charge in [0.05, 0.1) is 5.69 Å². The third kappa shape index (κ3) is 4.01. The molecule has 2 heterocycles. The van der Waals surface area contributed by atoms with Crippen LogP contribution < -0.4 is 4.72 Å². The molecule has 0 unspecified atom stereocenters. The molecule has 0 aliphatic carbocycles. The molecule has 0 spiro atoms. The molecule has 1 atom stereocenters. The fraction of sp³-hybridized carbons (Fsp3) is 0.786. The van der Waals surface area contributed by atoms with E-state index in [2.05, 4.69) is 21.6 Å². The molecule has 6 nitrogen and oxygen atoms in total. The van der Waals surface area contributed by atoms with Crippen molar-refractivity contribution in [2.75, 3.05) is 26.2 Å². The molecular formula is C14H25ClN4O2S. The first-order valence-electron chi connectivity index (χ1n) is 7.76. The monoisotopic (exact) mass is 348 g/mol. The summed E-state index contributed by atoms with van der Waals surface area (Å²) in [4.78, 5) is 2.51.